The second kappa shape index (κ2) is 10.5. The molecule has 0 aliphatic heterocycles. The number of thiazole rings is 1. The molecule has 10 heteroatoms. The molecule has 0 atom stereocenters. The Bertz CT molecular complexity index is 800. The number of carbonyl (C=O) groups excluding carboxylic acids is 2. The van der Waals surface area contributed by atoms with Gasteiger partial charge in [-0.1, -0.05) is 29.3 Å². The van der Waals surface area contributed by atoms with Crippen LogP contribution in [0.4, 0.5) is 10.5 Å². The Kier molecular flexibility index (Phi) is 8.30. The zero-order chi connectivity index (χ0) is 19.8. The second-order valence-corrected chi connectivity index (χ2v) is 7.02. The fourth-order valence-electron chi connectivity index (χ4n) is 2.09. The van der Waals surface area contributed by atoms with Crippen molar-refractivity contribution in [1.82, 2.24) is 9.88 Å². The van der Waals surface area contributed by atoms with Gasteiger partial charge in [-0.2, -0.15) is 0 Å². The number of hydrogen-bond donors (Lipinski definition) is 1. The van der Waals surface area contributed by atoms with Gasteiger partial charge in [0.25, 0.3) is 0 Å². The highest BCUT2D eigenvalue weighted by molar-refractivity contribution is 7.09. The van der Waals surface area contributed by atoms with Crippen molar-refractivity contribution in [3.63, 3.8) is 0 Å². The number of ether oxygens (including phenoxy) is 2. The predicted molar refractivity (Wildman–Crippen MR) is 106 cm³/mol. The molecule has 0 spiro atoms. The minimum Gasteiger partial charge on any atom is -0.461 e. The van der Waals surface area contributed by atoms with Crippen molar-refractivity contribution in [2.75, 3.05) is 32.2 Å². The fourth-order valence-corrected chi connectivity index (χ4v) is 3.22. The van der Waals surface area contributed by atoms with E-state index in [2.05, 4.69) is 10.3 Å². The van der Waals surface area contributed by atoms with Crippen LogP contribution in [0.5, 0.6) is 0 Å². The Morgan fingerprint density at radius 2 is 2.11 bits per heavy atom. The number of aromatic nitrogens is 1. The lowest BCUT2D eigenvalue weighted by molar-refractivity contribution is 0.0520. The number of esters is 1. The molecule has 0 fully saturated rings. The predicted octanol–water partition coefficient (Wildman–Crippen LogP) is 4.31. The maximum absolute atomic E-state index is 12.7. The van der Waals surface area contributed by atoms with E-state index >= 15 is 0 Å². The molecule has 2 amide bonds. The summed E-state index contributed by atoms with van der Waals surface area (Å²) >= 11 is 13.4. The van der Waals surface area contributed by atoms with Crippen molar-refractivity contribution >= 4 is 52.2 Å². The van der Waals surface area contributed by atoms with Crippen LogP contribution >= 0.6 is 34.5 Å². The second-order valence-electron chi connectivity index (χ2n) is 5.29. The molecular weight excluding hydrogens is 413 g/mol. The van der Waals surface area contributed by atoms with Crippen LogP contribution in [-0.4, -0.2) is 48.8 Å². The number of carbonyl (C=O) groups is 2. The van der Waals surface area contributed by atoms with Gasteiger partial charge in [-0.3, -0.25) is 0 Å². The number of anilines is 1. The highest BCUT2D eigenvalue weighted by atomic mass is 35.5. The van der Waals surface area contributed by atoms with Gasteiger partial charge < -0.3 is 19.7 Å². The number of hydrogen-bond acceptors (Lipinski definition) is 6. The van der Waals surface area contributed by atoms with E-state index in [9.17, 15) is 9.59 Å². The first-order valence-electron chi connectivity index (χ1n) is 8.06. The van der Waals surface area contributed by atoms with E-state index in [1.54, 1.807) is 37.6 Å². The van der Waals surface area contributed by atoms with Crippen LogP contribution in [0.1, 0.15) is 22.4 Å². The number of amides is 2. The van der Waals surface area contributed by atoms with Crippen molar-refractivity contribution in [1.29, 1.82) is 0 Å². The van der Waals surface area contributed by atoms with Crippen molar-refractivity contribution in [2.24, 2.45) is 0 Å². The van der Waals surface area contributed by atoms with Gasteiger partial charge >= 0.3 is 12.0 Å². The molecule has 0 unspecified atom stereocenters. The van der Waals surface area contributed by atoms with E-state index in [0.29, 0.717) is 28.9 Å². The summed E-state index contributed by atoms with van der Waals surface area (Å²) in [5, 5.41) is 5.54. The maximum Gasteiger partial charge on any atom is 0.357 e. The van der Waals surface area contributed by atoms with Gasteiger partial charge in [0.2, 0.25) is 0 Å². The fraction of sp³-hybridized carbons (Fsp3) is 0.353. The van der Waals surface area contributed by atoms with Crippen LogP contribution in [0.25, 0.3) is 0 Å². The summed E-state index contributed by atoms with van der Waals surface area (Å²) in [6.07, 6.45) is 0. The molecule has 0 aliphatic rings. The van der Waals surface area contributed by atoms with Gasteiger partial charge in [0, 0.05) is 19.0 Å². The highest BCUT2D eigenvalue weighted by Crippen LogP contribution is 2.29. The standard InChI is InChI=1S/C17H19Cl2N3O4S/c1-3-26-16(23)13-10-27-14(20-13)9-22(7-8-25-2)17(24)21-12-6-4-5-11(18)15(12)19/h4-6,10H,3,7-9H2,1-2H3,(H,21,24). The van der Waals surface area contributed by atoms with Crippen molar-refractivity contribution < 1.29 is 19.1 Å². The molecule has 0 aliphatic carbocycles. The lowest BCUT2D eigenvalue weighted by atomic mass is 10.3. The molecule has 2 rings (SSSR count). The molecule has 0 saturated carbocycles. The van der Waals surface area contributed by atoms with Gasteiger partial charge in [0.1, 0.15) is 5.01 Å². The Morgan fingerprint density at radius 3 is 2.81 bits per heavy atom. The van der Waals surface area contributed by atoms with E-state index in [1.165, 1.54) is 16.2 Å². The van der Waals surface area contributed by atoms with Crippen LogP contribution in [0, 0.1) is 0 Å². The Labute approximate surface area is 171 Å². The number of rotatable bonds is 8. The SMILES string of the molecule is CCOC(=O)c1csc(CN(CCOC)C(=O)Nc2cccc(Cl)c2Cl)n1. The summed E-state index contributed by atoms with van der Waals surface area (Å²) in [4.78, 5) is 30.2. The van der Waals surface area contributed by atoms with Crippen LogP contribution < -0.4 is 5.32 Å². The van der Waals surface area contributed by atoms with Crippen LogP contribution in [0.15, 0.2) is 23.6 Å². The van der Waals surface area contributed by atoms with Gasteiger partial charge in [0.15, 0.2) is 5.69 Å². The van der Waals surface area contributed by atoms with Gasteiger partial charge in [0.05, 0.1) is 35.5 Å². The molecule has 1 aromatic carbocycles. The largest absolute Gasteiger partial charge is 0.461 e. The van der Waals surface area contributed by atoms with Crippen LogP contribution in [0.3, 0.4) is 0 Å². The molecule has 1 heterocycles. The minimum atomic E-state index is -0.487. The third-order valence-corrected chi connectivity index (χ3v) is 5.06. The number of methoxy groups -OCH3 is 1. The number of halogens is 2. The highest BCUT2D eigenvalue weighted by Gasteiger charge is 2.19. The molecular formula is C17H19Cl2N3O4S. The average molecular weight is 432 g/mol. The first-order chi connectivity index (χ1) is 13.0. The topological polar surface area (TPSA) is 80.8 Å². The number of urea groups is 1. The normalized spacial score (nSPS) is 10.5. The Hall–Kier alpha value is -1.87. The monoisotopic (exact) mass is 431 g/mol. The van der Waals surface area contributed by atoms with E-state index < -0.39 is 5.97 Å². The molecule has 2 aromatic rings. The first-order valence-corrected chi connectivity index (χ1v) is 9.70. The molecule has 146 valence electrons. The lowest BCUT2D eigenvalue weighted by Crippen LogP contribution is -2.37. The van der Waals surface area contributed by atoms with E-state index in [4.69, 9.17) is 32.7 Å². The maximum atomic E-state index is 12.7. The molecule has 1 N–H and O–H groups in total. The Balaban J connectivity index is 2.11. The molecule has 0 radical (unpaired) electrons. The average Bonchev–Trinajstić information content (AvgIpc) is 3.11. The molecule has 1 aromatic heterocycles. The third kappa shape index (κ3) is 6.07. The summed E-state index contributed by atoms with van der Waals surface area (Å²) in [7, 11) is 1.55. The van der Waals surface area contributed by atoms with Gasteiger partial charge in [-0.25, -0.2) is 14.6 Å². The third-order valence-electron chi connectivity index (χ3n) is 3.41. The first kappa shape index (κ1) is 21.4. The van der Waals surface area contributed by atoms with Gasteiger partial charge in [-0.15, -0.1) is 11.3 Å². The lowest BCUT2D eigenvalue weighted by Gasteiger charge is -2.22. The number of nitrogens with zero attached hydrogens (tertiary/aromatic N) is 2. The summed E-state index contributed by atoms with van der Waals surface area (Å²) in [6.45, 7) is 2.87. The minimum absolute atomic E-state index is 0.206. The molecule has 27 heavy (non-hydrogen) atoms. The zero-order valence-electron chi connectivity index (χ0n) is 14.8. The smallest absolute Gasteiger partial charge is 0.357 e. The van der Waals surface area contributed by atoms with Crippen LogP contribution in [0.2, 0.25) is 10.0 Å². The summed E-state index contributed by atoms with van der Waals surface area (Å²) in [6, 6.07) is 4.59. The van der Waals surface area contributed by atoms with Gasteiger partial charge in [-0.05, 0) is 19.1 Å². The number of benzene rings is 1. The van der Waals surface area contributed by atoms with E-state index in [0.717, 1.165) is 0 Å². The molecule has 0 bridgehead atoms. The van der Waals surface area contributed by atoms with E-state index in [1.807, 2.05) is 0 Å². The molecule has 7 nitrogen and oxygen atoms in total. The van der Waals surface area contributed by atoms with Crippen molar-refractivity contribution in [2.45, 2.75) is 13.5 Å². The Morgan fingerprint density at radius 1 is 1.33 bits per heavy atom. The summed E-state index contributed by atoms with van der Waals surface area (Å²) in [5.41, 5.74) is 0.629. The van der Waals surface area contributed by atoms with E-state index in [-0.39, 0.29) is 29.9 Å². The van der Waals surface area contributed by atoms with Crippen molar-refractivity contribution in [3.05, 3.63) is 44.3 Å². The quantitative estimate of drug-likeness (QED) is 0.629. The molecule has 0 saturated heterocycles. The summed E-state index contributed by atoms with van der Waals surface area (Å²) in [5.74, 6) is -0.487. The van der Waals surface area contributed by atoms with Crippen molar-refractivity contribution in [3.8, 4) is 0 Å². The summed E-state index contributed by atoms with van der Waals surface area (Å²) < 4.78 is 10.00. The van der Waals surface area contributed by atoms with Crippen LogP contribution in [-0.2, 0) is 16.0 Å². The zero-order valence-corrected chi connectivity index (χ0v) is 17.2. The number of nitrogens with one attached hydrogen (secondary N) is 1.